The van der Waals surface area contributed by atoms with Crippen LogP contribution in [0.15, 0.2) is 52.1 Å². The van der Waals surface area contributed by atoms with Crippen molar-refractivity contribution in [3.8, 4) is 5.75 Å². The summed E-state index contributed by atoms with van der Waals surface area (Å²) in [5.41, 5.74) is 1.09. The number of aliphatic imine (C=N–C) groups is 1. The lowest BCUT2D eigenvalue weighted by Crippen LogP contribution is -2.38. The van der Waals surface area contributed by atoms with Gasteiger partial charge in [-0.25, -0.2) is 4.99 Å². The third kappa shape index (κ3) is 5.22. The van der Waals surface area contributed by atoms with Crippen molar-refractivity contribution in [1.29, 1.82) is 0 Å². The molecule has 3 N–H and O–H groups in total. The van der Waals surface area contributed by atoms with Crippen LogP contribution in [0.3, 0.4) is 0 Å². The van der Waals surface area contributed by atoms with Gasteiger partial charge >= 0.3 is 0 Å². The van der Waals surface area contributed by atoms with Gasteiger partial charge in [0.25, 0.3) is 0 Å². The normalized spacial score (nSPS) is 11.4. The highest BCUT2D eigenvalue weighted by atomic mass is 16.3. The lowest BCUT2D eigenvalue weighted by atomic mass is 10.1. The fraction of sp³-hybridized carbons (Fsp3) is 0.312. The number of phenolic OH excluding ortho intramolecular Hbond substituents is 1. The molecule has 0 aliphatic carbocycles. The van der Waals surface area contributed by atoms with E-state index in [-0.39, 0.29) is 0 Å². The maximum absolute atomic E-state index is 9.43. The van der Waals surface area contributed by atoms with Crippen LogP contribution in [-0.4, -0.2) is 24.2 Å². The van der Waals surface area contributed by atoms with Gasteiger partial charge in [-0.15, -0.1) is 0 Å². The summed E-state index contributed by atoms with van der Waals surface area (Å²) in [6.45, 7) is 4.08. The minimum atomic E-state index is 0.297. The number of hydrogen-bond acceptors (Lipinski definition) is 3. The van der Waals surface area contributed by atoms with E-state index in [2.05, 4.69) is 15.6 Å². The molecular weight excluding hydrogens is 266 g/mol. The maximum atomic E-state index is 9.43. The van der Waals surface area contributed by atoms with Crippen molar-refractivity contribution in [2.24, 2.45) is 4.99 Å². The van der Waals surface area contributed by atoms with E-state index < -0.39 is 0 Å². The van der Waals surface area contributed by atoms with Crippen LogP contribution in [-0.2, 0) is 13.0 Å². The Bertz CT molecular complexity index is 565. The number of furan rings is 1. The Morgan fingerprint density at radius 2 is 2.14 bits per heavy atom. The number of nitrogens with one attached hydrogen (secondary N) is 2. The Morgan fingerprint density at radius 1 is 1.24 bits per heavy atom. The first kappa shape index (κ1) is 15.0. The molecule has 1 aromatic carbocycles. The standard InChI is InChI=1S/C16H21N3O2/c1-2-17-16(19-12-15-7-4-10-21-15)18-9-8-13-5-3-6-14(20)11-13/h3-7,10-11,20H,2,8-9,12H2,1H3,(H2,17,18,19). The van der Waals surface area contributed by atoms with Crippen LogP contribution in [0.2, 0.25) is 0 Å². The molecule has 2 rings (SSSR count). The number of benzene rings is 1. The Balaban J connectivity index is 1.83. The van der Waals surface area contributed by atoms with Gasteiger partial charge in [-0.2, -0.15) is 0 Å². The Kier molecular flexibility index (Phi) is 5.70. The summed E-state index contributed by atoms with van der Waals surface area (Å²) in [6, 6.07) is 11.0. The molecule has 0 atom stereocenters. The van der Waals surface area contributed by atoms with Crippen molar-refractivity contribution in [2.75, 3.05) is 13.1 Å². The average Bonchev–Trinajstić information content (AvgIpc) is 2.98. The molecule has 0 saturated carbocycles. The van der Waals surface area contributed by atoms with Gasteiger partial charge < -0.3 is 20.2 Å². The van der Waals surface area contributed by atoms with Gasteiger partial charge in [0.2, 0.25) is 0 Å². The van der Waals surface area contributed by atoms with Gasteiger partial charge in [-0.1, -0.05) is 12.1 Å². The zero-order valence-corrected chi connectivity index (χ0v) is 12.2. The zero-order valence-electron chi connectivity index (χ0n) is 12.2. The van der Waals surface area contributed by atoms with Gasteiger partial charge in [0, 0.05) is 13.1 Å². The molecule has 1 aromatic heterocycles. The molecule has 5 heteroatoms. The number of phenols is 1. The Labute approximate surface area is 124 Å². The third-order valence-corrected chi connectivity index (χ3v) is 2.93. The lowest BCUT2D eigenvalue weighted by Gasteiger charge is -2.11. The summed E-state index contributed by atoms with van der Waals surface area (Å²) in [7, 11) is 0. The molecule has 0 saturated heterocycles. The molecule has 5 nitrogen and oxygen atoms in total. The van der Waals surface area contributed by atoms with Crippen LogP contribution in [0.5, 0.6) is 5.75 Å². The van der Waals surface area contributed by atoms with E-state index >= 15 is 0 Å². The molecule has 0 aliphatic rings. The number of nitrogens with zero attached hydrogens (tertiary/aromatic N) is 1. The average molecular weight is 287 g/mol. The van der Waals surface area contributed by atoms with Gasteiger partial charge in [-0.05, 0) is 43.2 Å². The second kappa shape index (κ2) is 7.99. The maximum Gasteiger partial charge on any atom is 0.191 e. The molecule has 0 bridgehead atoms. The topological polar surface area (TPSA) is 69.8 Å². The molecule has 21 heavy (non-hydrogen) atoms. The quantitative estimate of drug-likeness (QED) is 0.563. The van der Waals surface area contributed by atoms with Gasteiger partial charge in [-0.3, -0.25) is 0 Å². The molecule has 1 heterocycles. The molecule has 2 aromatic rings. The molecule has 0 radical (unpaired) electrons. The van der Waals surface area contributed by atoms with Crippen LogP contribution in [0, 0.1) is 0 Å². The molecule has 0 spiro atoms. The predicted octanol–water partition coefficient (Wildman–Crippen LogP) is 2.28. The summed E-state index contributed by atoms with van der Waals surface area (Å²) in [6.07, 6.45) is 2.46. The van der Waals surface area contributed by atoms with Gasteiger partial charge in [0.15, 0.2) is 5.96 Å². The largest absolute Gasteiger partial charge is 0.508 e. The SMILES string of the molecule is CCNC(=NCc1ccco1)NCCc1cccc(O)c1. The van der Waals surface area contributed by atoms with Gasteiger partial charge in [0.1, 0.15) is 18.1 Å². The fourth-order valence-corrected chi connectivity index (χ4v) is 1.94. The van der Waals surface area contributed by atoms with Crippen molar-refractivity contribution in [1.82, 2.24) is 10.6 Å². The highest BCUT2D eigenvalue weighted by Gasteiger charge is 2.00. The predicted molar refractivity (Wildman–Crippen MR) is 83.3 cm³/mol. The van der Waals surface area contributed by atoms with Crippen molar-refractivity contribution < 1.29 is 9.52 Å². The first-order valence-electron chi connectivity index (χ1n) is 7.10. The third-order valence-electron chi connectivity index (χ3n) is 2.93. The van der Waals surface area contributed by atoms with Crippen molar-refractivity contribution in [3.05, 3.63) is 54.0 Å². The van der Waals surface area contributed by atoms with E-state index in [0.717, 1.165) is 36.8 Å². The monoisotopic (exact) mass is 287 g/mol. The first-order chi connectivity index (χ1) is 10.3. The minimum Gasteiger partial charge on any atom is -0.508 e. The van der Waals surface area contributed by atoms with Crippen LogP contribution in [0.25, 0.3) is 0 Å². The zero-order chi connectivity index (χ0) is 14.9. The summed E-state index contributed by atoms with van der Waals surface area (Å²) in [5, 5.41) is 15.9. The van der Waals surface area contributed by atoms with Crippen LogP contribution < -0.4 is 10.6 Å². The first-order valence-corrected chi connectivity index (χ1v) is 7.10. The van der Waals surface area contributed by atoms with E-state index in [0.29, 0.717) is 12.3 Å². The molecule has 0 fully saturated rings. The molecule has 0 unspecified atom stereocenters. The summed E-state index contributed by atoms with van der Waals surface area (Å²) < 4.78 is 5.26. The highest BCUT2D eigenvalue weighted by molar-refractivity contribution is 5.79. The lowest BCUT2D eigenvalue weighted by molar-refractivity contribution is 0.474. The van der Waals surface area contributed by atoms with E-state index in [1.807, 2.05) is 31.2 Å². The molecular formula is C16H21N3O2. The van der Waals surface area contributed by atoms with Gasteiger partial charge in [0.05, 0.1) is 6.26 Å². The van der Waals surface area contributed by atoms with Crippen LogP contribution >= 0.6 is 0 Å². The summed E-state index contributed by atoms with van der Waals surface area (Å²) >= 11 is 0. The highest BCUT2D eigenvalue weighted by Crippen LogP contribution is 2.10. The van der Waals surface area contributed by atoms with Crippen molar-refractivity contribution >= 4 is 5.96 Å². The second-order valence-corrected chi connectivity index (χ2v) is 4.62. The molecule has 112 valence electrons. The fourth-order valence-electron chi connectivity index (χ4n) is 1.94. The van der Waals surface area contributed by atoms with Crippen LogP contribution in [0.4, 0.5) is 0 Å². The van der Waals surface area contributed by atoms with E-state index in [1.165, 1.54) is 0 Å². The van der Waals surface area contributed by atoms with E-state index in [9.17, 15) is 5.11 Å². The number of guanidine groups is 1. The molecule has 0 amide bonds. The smallest absolute Gasteiger partial charge is 0.191 e. The van der Waals surface area contributed by atoms with Crippen molar-refractivity contribution in [3.63, 3.8) is 0 Å². The van der Waals surface area contributed by atoms with Crippen LogP contribution in [0.1, 0.15) is 18.2 Å². The van der Waals surface area contributed by atoms with E-state index in [4.69, 9.17) is 4.42 Å². The second-order valence-electron chi connectivity index (χ2n) is 4.62. The van der Waals surface area contributed by atoms with E-state index in [1.54, 1.807) is 18.4 Å². The van der Waals surface area contributed by atoms with Crippen molar-refractivity contribution in [2.45, 2.75) is 19.9 Å². The summed E-state index contributed by atoms with van der Waals surface area (Å²) in [5.74, 6) is 1.89. The molecule has 0 aliphatic heterocycles. The number of hydrogen-bond donors (Lipinski definition) is 3. The Morgan fingerprint density at radius 3 is 2.86 bits per heavy atom. The minimum absolute atomic E-state index is 0.297. The Hall–Kier alpha value is -2.43. The number of rotatable bonds is 6. The summed E-state index contributed by atoms with van der Waals surface area (Å²) in [4.78, 5) is 4.46. The number of aromatic hydroxyl groups is 1.